The Morgan fingerprint density at radius 3 is 1.73 bits per heavy atom. The molecule has 2 aromatic rings. The highest BCUT2D eigenvalue weighted by Crippen LogP contribution is 2.14. The van der Waals surface area contributed by atoms with E-state index in [1.807, 2.05) is 0 Å². The Kier molecular flexibility index (Phi) is 6.89. The third kappa shape index (κ3) is 11.7. The van der Waals surface area contributed by atoms with Crippen molar-refractivity contribution >= 4 is 12.0 Å². The van der Waals surface area contributed by atoms with E-state index in [1.54, 1.807) is 27.7 Å². The molecular weight excluding hydrogens is 382 g/mol. The monoisotopic (exact) mass is 421 g/mol. The third-order valence-corrected chi connectivity index (χ3v) is 3.02. The first-order valence-corrected chi connectivity index (χ1v) is 9.18. The highest BCUT2D eigenvalue weighted by molar-refractivity contribution is 5.70. The predicted molar refractivity (Wildman–Crippen MR) is 117 cm³/mol. The maximum absolute atomic E-state index is 10.8. The second kappa shape index (κ2) is 14.0. The first kappa shape index (κ1) is 14.8. The number of nitrogens with zero attached hydrogens (tertiary/aromatic N) is 1. The van der Waals surface area contributed by atoms with Gasteiger partial charge in [-0.2, -0.15) is 0 Å². The van der Waals surface area contributed by atoms with Crippen LogP contribution in [0.5, 0.6) is 11.5 Å². The van der Waals surface area contributed by atoms with E-state index in [1.165, 1.54) is 54.6 Å². The quantitative estimate of drug-likeness (QED) is 0.435. The van der Waals surface area contributed by atoms with Crippen LogP contribution in [-0.4, -0.2) is 30.3 Å². The first-order chi connectivity index (χ1) is 17.3. The van der Waals surface area contributed by atoms with Gasteiger partial charge in [-0.05, 0) is 47.2 Å². The molecule has 6 nitrogen and oxygen atoms in total. The normalized spacial score (nSPS) is 15.9. The molecule has 2 rings (SSSR count). The van der Waals surface area contributed by atoms with Crippen LogP contribution in [-0.2, 0) is 22.5 Å². The summed E-state index contributed by atoms with van der Waals surface area (Å²) in [5.74, 6) is -1.73. The predicted octanol–water partition coefficient (Wildman–Crippen LogP) is 4.91. The van der Waals surface area contributed by atoms with Crippen LogP contribution in [0.1, 0.15) is 49.8 Å². The van der Waals surface area contributed by atoms with Gasteiger partial charge in [0.25, 0.3) is 0 Å². The molecule has 30 heavy (non-hydrogen) atoms. The molecule has 0 radical (unpaired) electrons. The maximum atomic E-state index is 10.8. The Bertz CT molecular complexity index is 1040. The van der Waals surface area contributed by atoms with E-state index in [0.717, 1.165) is 0 Å². The molecule has 0 bridgehead atoms. The zero-order chi connectivity index (χ0) is 29.5. The lowest BCUT2D eigenvalue weighted by atomic mass is 10.1. The lowest BCUT2D eigenvalue weighted by molar-refractivity contribution is -0.136. The number of carbonyl (C=O) groups is 1. The number of rotatable bonds is 10. The van der Waals surface area contributed by atoms with Gasteiger partial charge in [-0.3, -0.25) is 4.79 Å². The van der Waals surface area contributed by atoms with E-state index in [9.17, 15) is 9.59 Å². The summed E-state index contributed by atoms with van der Waals surface area (Å²) < 4.78 is 70.8. The Balaban J connectivity index is 0.000000380. The summed E-state index contributed by atoms with van der Waals surface area (Å²) in [6, 6.07) is 10.9. The second-order valence-electron chi connectivity index (χ2n) is 6.54. The molecule has 2 aromatic carbocycles. The number of isocyanates is 1. The number of aliphatic carboxylic acids is 1. The highest BCUT2D eigenvalue weighted by atomic mass is 16.5. The van der Waals surface area contributed by atoms with E-state index < -0.39 is 32.0 Å². The molecule has 0 aliphatic rings. The van der Waals surface area contributed by atoms with Crippen molar-refractivity contribution in [1.29, 1.82) is 0 Å². The van der Waals surface area contributed by atoms with Crippen LogP contribution in [0.15, 0.2) is 53.5 Å². The number of aliphatic imine (C=N–C) groups is 1. The standard InChI is InChI=1S/C12H15NO2.C12H16O3/c1-10(2)8-15-12-5-3-11(4-6-12)7-13-9-14;1-9(2)8-15-11-5-3-10(4-6-11)7-12(13)14/h3-6,10H,7-8H2,1-2H3;3-6,9H,7-8H2,1-2H3,(H,13,14)/i2*7D2,8D2. The van der Waals surface area contributed by atoms with Gasteiger partial charge in [0, 0.05) is 2.74 Å². The Hall–Kier alpha value is -3.11. The smallest absolute Gasteiger partial charge is 0.307 e. The van der Waals surface area contributed by atoms with Gasteiger partial charge in [-0.25, -0.2) is 9.79 Å². The molecule has 0 aliphatic carbocycles. The molecule has 0 saturated heterocycles. The minimum Gasteiger partial charge on any atom is -0.493 e. The summed E-state index contributed by atoms with van der Waals surface area (Å²) in [6.07, 6.45) is -1.29. The molecule has 0 spiro atoms. The minimum absolute atomic E-state index is 0.0162. The van der Waals surface area contributed by atoms with Crippen LogP contribution >= 0.6 is 0 Å². The highest BCUT2D eigenvalue weighted by Gasteiger charge is 2.01. The Morgan fingerprint density at radius 1 is 0.933 bits per heavy atom. The van der Waals surface area contributed by atoms with E-state index in [2.05, 4.69) is 4.99 Å². The van der Waals surface area contributed by atoms with Gasteiger partial charge in [0.1, 0.15) is 11.5 Å². The van der Waals surface area contributed by atoms with E-state index in [-0.39, 0.29) is 34.5 Å². The van der Waals surface area contributed by atoms with Crippen molar-refractivity contribution in [1.82, 2.24) is 0 Å². The maximum Gasteiger partial charge on any atom is 0.307 e. The summed E-state index contributed by atoms with van der Waals surface area (Å²) in [5.41, 5.74) is 0.158. The number of carboxylic acids is 1. The van der Waals surface area contributed by atoms with Crippen LogP contribution in [0.4, 0.5) is 0 Å². The van der Waals surface area contributed by atoms with Crippen molar-refractivity contribution in [2.45, 2.75) is 40.6 Å². The van der Waals surface area contributed by atoms with Crippen LogP contribution in [0.25, 0.3) is 0 Å². The van der Waals surface area contributed by atoms with Crippen molar-refractivity contribution in [2.24, 2.45) is 16.8 Å². The summed E-state index contributed by atoms with van der Waals surface area (Å²) >= 11 is 0. The molecular formula is C24H31NO5. The lowest BCUT2D eigenvalue weighted by Crippen LogP contribution is -2.04. The molecule has 0 aliphatic heterocycles. The Labute approximate surface area is 189 Å². The van der Waals surface area contributed by atoms with E-state index >= 15 is 0 Å². The van der Waals surface area contributed by atoms with Crippen molar-refractivity contribution in [2.75, 3.05) is 13.1 Å². The van der Waals surface area contributed by atoms with Crippen LogP contribution in [0, 0.1) is 11.8 Å². The average molecular weight is 422 g/mol. The molecule has 6 heteroatoms. The molecule has 0 unspecified atom stereocenters. The third-order valence-electron chi connectivity index (χ3n) is 3.02. The zero-order valence-corrected chi connectivity index (χ0v) is 17.3. The second-order valence-corrected chi connectivity index (χ2v) is 6.54. The van der Waals surface area contributed by atoms with Gasteiger partial charge in [-0.15, -0.1) is 0 Å². The number of benzene rings is 2. The molecule has 0 heterocycles. The van der Waals surface area contributed by atoms with Gasteiger partial charge < -0.3 is 14.6 Å². The SMILES string of the molecule is [2H]C([2H])(C(=O)O)c1ccc(OC([2H])([2H])C(C)C)cc1.[2H]C([2H])(N=C=O)c1ccc(OC([2H])([2H])C(C)C)cc1. The summed E-state index contributed by atoms with van der Waals surface area (Å²) in [4.78, 5) is 23.9. The van der Waals surface area contributed by atoms with Gasteiger partial charge in [0.2, 0.25) is 6.08 Å². The van der Waals surface area contributed by atoms with Crippen LogP contribution in [0.3, 0.4) is 0 Å². The zero-order valence-electron chi connectivity index (χ0n) is 25.3. The summed E-state index contributed by atoms with van der Waals surface area (Å²) in [5, 5.41) is 8.76. The van der Waals surface area contributed by atoms with Gasteiger partial charge in [0.15, 0.2) is 0 Å². The van der Waals surface area contributed by atoms with Gasteiger partial charge in [-0.1, -0.05) is 52.0 Å². The molecule has 0 fully saturated rings. The number of hydrogen-bond acceptors (Lipinski definition) is 5. The minimum atomic E-state index is -2.48. The first-order valence-electron chi connectivity index (χ1n) is 13.2. The van der Waals surface area contributed by atoms with Gasteiger partial charge in [0.05, 0.1) is 34.2 Å². The molecule has 0 saturated carbocycles. The van der Waals surface area contributed by atoms with Crippen molar-refractivity contribution in [3.05, 3.63) is 59.7 Å². The average Bonchev–Trinajstić information content (AvgIpc) is 2.79. The Morgan fingerprint density at radius 2 is 1.37 bits per heavy atom. The largest absolute Gasteiger partial charge is 0.493 e. The summed E-state index contributed by atoms with van der Waals surface area (Å²) in [6.45, 7) is 0.971. The molecule has 162 valence electrons. The summed E-state index contributed by atoms with van der Waals surface area (Å²) in [7, 11) is 0. The van der Waals surface area contributed by atoms with E-state index in [4.69, 9.17) is 25.5 Å². The molecule has 0 atom stereocenters. The fourth-order valence-corrected chi connectivity index (χ4v) is 1.79. The number of ether oxygens (including phenoxy) is 2. The van der Waals surface area contributed by atoms with Gasteiger partial charge >= 0.3 is 5.97 Å². The fraction of sp³-hybridized carbons (Fsp3) is 0.417. The van der Waals surface area contributed by atoms with Crippen molar-refractivity contribution < 1.29 is 35.1 Å². The number of hydrogen-bond donors (Lipinski definition) is 1. The molecule has 0 aromatic heterocycles. The fourth-order valence-electron chi connectivity index (χ4n) is 1.79. The number of carboxylic acid groups (broad SMARTS) is 1. The van der Waals surface area contributed by atoms with Crippen molar-refractivity contribution in [3.8, 4) is 11.5 Å². The molecule has 0 amide bonds. The van der Waals surface area contributed by atoms with Crippen LogP contribution < -0.4 is 9.47 Å². The molecule has 1 N–H and O–H groups in total. The van der Waals surface area contributed by atoms with Crippen LogP contribution in [0.2, 0.25) is 0 Å². The number of carbonyl (C=O) groups excluding carboxylic acids is 1. The topological polar surface area (TPSA) is 85.2 Å². The lowest BCUT2D eigenvalue weighted by Gasteiger charge is -2.08. The van der Waals surface area contributed by atoms with Crippen molar-refractivity contribution in [3.63, 3.8) is 0 Å². The van der Waals surface area contributed by atoms with E-state index in [0.29, 0.717) is 0 Å².